The number of nitrogens with one attached hydrogen (secondary N) is 1. The van der Waals surface area contributed by atoms with Crippen molar-refractivity contribution in [3.63, 3.8) is 0 Å². The zero-order valence-electron chi connectivity index (χ0n) is 13.9. The number of esters is 1. The number of rotatable bonds is 7. The molecule has 0 bridgehead atoms. The average molecular weight is 317 g/mol. The fourth-order valence-corrected chi connectivity index (χ4v) is 3.42. The molecule has 1 aromatic carbocycles. The summed E-state index contributed by atoms with van der Waals surface area (Å²) in [5.74, 6) is 2.34. The highest BCUT2D eigenvalue weighted by molar-refractivity contribution is 5.70. The lowest BCUT2D eigenvalue weighted by Crippen LogP contribution is -2.30. The zero-order valence-corrected chi connectivity index (χ0v) is 13.9. The van der Waals surface area contributed by atoms with E-state index in [1.807, 2.05) is 12.1 Å². The topological polar surface area (TPSA) is 47.6 Å². The van der Waals surface area contributed by atoms with Crippen LogP contribution in [0.15, 0.2) is 24.3 Å². The summed E-state index contributed by atoms with van der Waals surface area (Å²) in [6.45, 7) is 2.98. The van der Waals surface area contributed by atoms with E-state index in [1.54, 1.807) is 0 Å². The summed E-state index contributed by atoms with van der Waals surface area (Å²) in [5, 5.41) is 3.38. The van der Waals surface area contributed by atoms with Gasteiger partial charge in [-0.05, 0) is 74.2 Å². The Morgan fingerprint density at radius 1 is 1.26 bits per heavy atom. The van der Waals surface area contributed by atoms with Crippen LogP contribution in [0.3, 0.4) is 0 Å². The molecule has 1 N–H and O–H groups in total. The maximum absolute atomic E-state index is 11.7. The second-order valence-corrected chi connectivity index (χ2v) is 6.80. The van der Waals surface area contributed by atoms with Crippen LogP contribution in [0.4, 0.5) is 0 Å². The molecule has 126 valence electrons. The van der Waals surface area contributed by atoms with Crippen LogP contribution >= 0.6 is 0 Å². The van der Waals surface area contributed by atoms with Gasteiger partial charge in [0.1, 0.15) is 5.75 Å². The Labute approximate surface area is 138 Å². The summed E-state index contributed by atoms with van der Waals surface area (Å²) in [6.07, 6.45) is 5.27. The number of methoxy groups -OCH3 is 1. The van der Waals surface area contributed by atoms with Crippen LogP contribution < -0.4 is 10.1 Å². The van der Waals surface area contributed by atoms with Crippen LogP contribution in [0.2, 0.25) is 0 Å². The molecule has 2 aliphatic rings. The minimum Gasteiger partial charge on any atom is -0.493 e. The molecule has 1 aliphatic carbocycles. The first-order chi connectivity index (χ1) is 11.3. The molecule has 1 heterocycles. The number of piperidine rings is 1. The van der Waals surface area contributed by atoms with E-state index in [1.165, 1.54) is 38.4 Å². The van der Waals surface area contributed by atoms with Gasteiger partial charge in [0.15, 0.2) is 0 Å². The van der Waals surface area contributed by atoms with E-state index in [2.05, 4.69) is 17.4 Å². The number of ether oxygens (including phenoxy) is 2. The summed E-state index contributed by atoms with van der Waals surface area (Å²) in [4.78, 5) is 11.7. The normalized spacial score (nSPS) is 20.0. The van der Waals surface area contributed by atoms with Crippen molar-refractivity contribution in [2.75, 3.05) is 26.8 Å². The summed E-state index contributed by atoms with van der Waals surface area (Å²) in [5.41, 5.74) is 1.21. The first-order valence-corrected chi connectivity index (χ1v) is 8.76. The van der Waals surface area contributed by atoms with E-state index in [0.29, 0.717) is 18.3 Å². The third-order valence-corrected chi connectivity index (χ3v) is 5.04. The molecule has 1 atom stereocenters. The first-order valence-electron chi connectivity index (χ1n) is 8.76. The lowest BCUT2D eigenvalue weighted by molar-refractivity contribution is -0.141. The van der Waals surface area contributed by atoms with Crippen LogP contribution in [0, 0.1) is 11.8 Å². The van der Waals surface area contributed by atoms with Crippen LogP contribution in [0.25, 0.3) is 0 Å². The quantitative estimate of drug-likeness (QED) is 0.785. The molecule has 4 heteroatoms. The van der Waals surface area contributed by atoms with Crippen molar-refractivity contribution in [1.29, 1.82) is 0 Å². The standard InChI is InChI=1S/C19H27NO3/c1-22-19(21)12-18(15-5-6-15)16-3-2-4-17(11-16)23-13-14-7-9-20-10-8-14/h2-4,11,14-15,18,20H,5-10,12-13H2,1H3/t18-/m0/s1. The molecule has 0 spiro atoms. The molecule has 1 saturated carbocycles. The molecule has 0 amide bonds. The molecule has 2 fully saturated rings. The molecule has 0 aromatic heterocycles. The number of hydrogen-bond donors (Lipinski definition) is 1. The Morgan fingerprint density at radius 2 is 2.04 bits per heavy atom. The van der Waals surface area contributed by atoms with Gasteiger partial charge in [-0.15, -0.1) is 0 Å². The van der Waals surface area contributed by atoms with E-state index >= 15 is 0 Å². The minimum atomic E-state index is -0.122. The average Bonchev–Trinajstić information content (AvgIpc) is 3.43. The van der Waals surface area contributed by atoms with Gasteiger partial charge in [-0.2, -0.15) is 0 Å². The maximum Gasteiger partial charge on any atom is 0.306 e. The number of benzene rings is 1. The van der Waals surface area contributed by atoms with Gasteiger partial charge in [0.2, 0.25) is 0 Å². The van der Waals surface area contributed by atoms with Gasteiger partial charge in [0.05, 0.1) is 20.1 Å². The lowest BCUT2D eigenvalue weighted by Gasteiger charge is -2.23. The van der Waals surface area contributed by atoms with Crippen LogP contribution in [-0.4, -0.2) is 32.8 Å². The molecule has 3 rings (SSSR count). The van der Waals surface area contributed by atoms with E-state index in [4.69, 9.17) is 9.47 Å². The van der Waals surface area contributed by atoms with Gasteiger partial charge in [0, 0.05) is 0 Å². The van der Waals surface area contributed by atoms with E-state index in [-0.39, 0.29) is 11.9 Å². The van der Waals surface area contributed by atoms with Gasteiger partial charge in [0.25, 0.3) is 0 Å². The second-order valence-electron chi connectivity index (χ2n) is 6.80. The Hall–Kier alpha value is -1.55. The van der Waals surface area contributed by atoms with Gasteiger partial charge in [-0.3, -0.25) is 4.79 Å². The SMILES string of the molecule is COC(=O)C[C@H](c1cccc(OCC2CCNCC2)c1)C1CC1. The predicted molar refractivity (Wildman–Crippen MR) is 89.6 cm³/mol. The fraction of sp³-hybridized carbons (Fsp3) is 0.632. The highest BCUT2D eigenvalue weighted by Crippen LogP contribution is 2.45. The maximum atomic E-state index is 11.7. The van der Waals surface area contributed by atoms with Gasteiger partial charge >= 0.3 is 5.97 Å². The Kier molecular flexibility index (Phi) is 5.55. The molecule has 4 nitrogen and oxygen atoms in total. The van der Waals surface area contributed by atoms with E-state index in [9.17, 15) is 4.79 Å². The third-order valence-electron chi connectivity index (χ3n) is 5.04. The number of carbonyl (C=O) groups excluding carboxylic acids is 1. The Bertz CT molecular complexity index is 521. The van der Waals surface area contributed by atoms with Crippen LogP contribution in [0.1, 0.15) is 43.6 Å². The second kappa shape index (κ2) is 7.82. The largest absolute Gasteiger partial charge is 0.493 e. The van der Waals surface area contributed by atoms with Crippen LogP contribution in [-0.2, 0) is 9.53 Å². The van der Waals surface area contributed by atoms with Crippen molar-refractivity contribution in [1.82, 2.24) is 5.32 Å². The molecule has 1 saturated heterocycles. The molecule has 1 aliphatic heterocycles. The Balaban J connectivity index is 1.61. The summed E-state index contributed by atoms with van der Waals surface area (Å²) in [7, 11) is 1.46. The van der Waals surface area contributed by atoms with Crippen molar-refractivity contribution in [3.05, 3.63) is 29.8 Å². The highest BCUT2D eigenvalue weighted by atomic mass is 16.5. The molecule has 0 radical (unpaired) electrons. The zero-order chi connectivity index (χ0) is 16.1. The molecular formula is C19H27NO3. The van der Waals surface area contributed by atoms with Crippen molar-refractivity contribution in [3.8, 4) is 5.75 Å². The van der Waals surface area contributed by atoms with E-state index < -0.39 is 0 Å². The number of carbonyl (C=O) groups is 1. The predicted octanol–water partition coefficient (Wildman–Crippen LogP) is 3.12. The molecule has 23 heavy (non-hydrogen) atoms. The summed E-state index contributed by atoms with van der Waals surface area (Å²) >= 11 is 0. The van der Waals surface area contributed by atoms with Gasteiger partial charge < -0.3 is 14.8 Å². The van der Waals surface area contributed by atoms with Gasteiger partial charge in [-0.1, -0.05) is 12.1 Å². The first kappa shape index (κ1) is 16.3. The van der Waals surface area contributed by atoms with Crippen molar-refractivity contribution in [2.45, 2.75) is 38.0 Å². The fourth-order valence-electron chi connectivity index (χ4n) is 3.42. The van der Waals surface area contributed by atoms with E-state index in [0.717, 1.165) is 25.4 Å². The van der Waals surface area contributed by atoms with Crippen molar-refractivity contribution in [2.24, 2.45) is 11.8 Å². The monoisotopic (exact) mass is 317 g/mol. The van der Waals surface area contributed by atoms with Gasteiger partial charge in [-0.25, -0.2) is 0 Å². The Morgan fingerprint density at radius 3 is 2.74 bits per heavy atom. The highest BCUT2D eigenvalue weighted by Gasteiger charge is 2.34. The smallest absolute Gasteiger partial charge is 0.306 e. The molecule has 1 aromatic rings. The summed E-state index contributed by atoms with van der Waals surface area (Å²) < 4.78 is 10.9. The lowest BCUT2D eigenvalue weighted by atomic mass is 9.91. The molecular weight excluding hydrogens is 290 g/mol. The minimum absolute atomic E-state index is 0.122. The molecule has 0 unspecified atom stereocenters. The summed E-state index contributed by atoms with van der Waals surface area (Å²) in [6, 6.07) is 8.29. The number of hydrogen-bond acceptors (Lipinski definition) is 4. The van der Waals surface area contributed by atoms with Crippen LogP contribution in [0.5, 0.6) is 5.75 Å². The van der Waals surface area contributed by atoms with Crippen molar-refractivity contribution >= 4 is 5.97 Å². The van der Waals surface area contributed by atoms with Crippen molar-refractivity contribution < 1.29 is 14.3 Å². The third kappa shape index (κ3) is 4.71.